The molecule has 2 aromatic rings. The number of hydrogen-bond acceptors (Lipinski definition) is 3. The van der Waals surface area contributed by atoms with Crippen molar-refractivity contribution < 1.29 is 5.11 Å². The fraction of sp³-hybridized carbons (Fsp3) is 0.250. The summed E-state index contributed by atoms with van der Waals surface area (Å²) in [6.45, 7) is -0.0437. The maximum atomic E-state index is 9.63. The van der Waals surface area contributed by atoms with Crippen molar-refractivity contribution in [2.24, 2.45) is 5.73 Å². The van der Waals surface area contributed by atoms with Gasteiger partial charge in [0.05, 0.1) is 12.1 Å². The molecule has 4 heteroatoms. The minimum absolute atomic E-state index is 0.0437. The Morgan fingerprint density at radius 3 is 2.30 bits per heavy atom. The predicted molar refractivity (Wildman–Crippen MR) is 88.9 cm³/mol. The Balaban J connectivity index is 1.96. The monoisotopic (exact) mass is 351 g/mol. The number of aliphatic hydroxyl groups excluding tert-OH is 1. The summed E-state index contributed by atoms with van der Waals surface area (Å²) in [5, 5.41) is 9.63. The van der Waals surface area contributed by atoms with Gasteiger partial charge in [-0.05, 0) is 36.2 Å². The average molecular weight is 352 g/mol. The van der Waals surface area contributed by atoms with E-state index in [2.05, 4.69) is 28.1 Å². The molecule has 0 heterocycles. The van der Waals surface area contributed by atoms with Crippen molar-refractivity contribution in [3.8, 4) is 0 Å². The molecule has 1 atom stereocenters. The first-order valence-electron chi connectivity index (χ1n) is 6.48. The first-order valence-corrected chi connectivity index (χ1v) is 8.25. The van der Waals surface area contributed by atoms with Crippen LogP contribution in [0.25, 0.3) is 0 Å². The van der Waals surface area contributed by atoms with Gasteiger partial charge in [0.15, 0.2) is 0 Å². The SMILES string of the molecule is NC(CO)(CCSc1ccc(Br)cc1)c1ccccc1. The summed E-state index contributed by atoms with van der Waals surface area (Å²) in [7, 11) is 0. The molecule has 0 aliphatic carbocycles. The molecule has 0 spiro atoms. The van der Waals surface area contributed by atoms with Gasteiger partial charge in [0, 0.05) is 15.1 Å². The molecule has 106 valence electrons. The van der Waals surface area contributed by atoms with E-state index in [1.807, 2.05) is 42.5 Å². The molecule has 0 radical (unpaired) electrons. The maximum Gasteiger partial charge on any atom is 0.0653 e. The van der Waals surface area contributed by atoms with Crippen LogP contribution >= 0.6 is 27.7 Å². The van der Waals surface area contributed by atoms with E-state index in [0.717, 1.165) is 22.2 Å². The number of benzene rings is 2. The van der Waals surface area contributed by atoms with Gasteiger partial charge >= 0.3 is 0 Å². The van der Waals surface area contributed by atoms with Gasteiger partial charge in [-0.15, -0.1) is 11.8 Å². The molecule has 0 saturated carbocycles. The van der Waals surface area contributed by atoms with E-state index in [4.69, 9.17) is 5.73 Å². The van der Waals surface area contributed by atoms with Crippen LogP contribution in [0.3, 0.4) is 0 Å². The first kappa shape index (κ1) is 15.6. The van der Waals surface area contributed by atoms with Gasteiger partial charge < -0.3 is 10.8 Å². The van der Waals surface area contributed by atoms with Crippen molar-refractivity contribution in [3.63, 3.8) is 0 Å². The van der Waals surface area contributed by atoms with Crippen molar-refractivity contribution in [2.75, 3.05) is 12.4 Å². The second kappa shape index (κ2) is 7.27. The molecule has 2 nitrogen and oxygen atoms in total. The quantitative estimate of drug-likeness (QED) is 0.778. The minimum atomic E-state index is -0.663. The molecule has 0 fully saturated rings. The molecule has 2 rings (SSSR count). The second-order valence-electron chi connectivity index (χ2n) is 4.73. The number of aliphatic hydroxyl groups is 1. The Bertz CT molecular complexity index is 532. The zero-order valence-corrected chi connectivity index (χ0v) is 13.5. The van der Waals surface area contributed by atoms with E-state index in [-0.39, 0.29) is 6.61 Å². The lowest BCUT2D eigenvalue weighted by molar-refractivity contribution is 0.193. The number of hydrogen-bond donors (Lipinski definition) is 2. The predicted octanol–water partition coefficient (Wildman–Crippen LogP) is 3.78. The van der Waals surface area contributed by atoms with E-state index >= 15 is 0 Å². The van der Waals surface area contributed by atoms with Crippen LogP contribution in [0.1, 0.15) is 12.0 Å². The standard InChI is InChI=1S/C16H18BrNOS/c17-14-6-8-15(9-7-14)20-11-10-16(18,12-19)13-4-2-1-3-5-13/h1-9,19H,10-12,18H2. The molecule has 2 aromatic carbocycles. The van der Waals surface area contributed by atoms with E-state index in [1.54, 1.807) is 11.8 Å². The molecule has 20 heavy (non-hydrogen) atoms. The molecule has 0 aliphatic rings. The number of rotatable bonds is 6. The van der Waals surface area contributed by atoms with E-state index < -0.39 is 5.54 Å². The highest BCUT2D eigenvalue weighted by Crippen LogP contribution is 2.27. The third-order valence-corrected chi connectivity index (χ3v) is 4.80. The molecule has 0 bridgehead atoms. The first-order chi connectivity index (χ1) is 9.64. The summed E-state index contributed by atoms with van der Waals surface area (Å²) in [6.07, 6.45) is 0.730. The number of thioether (sulfide) groups is 1. The van der Waals surface area contributed by atoms with E-state index in [9.17, 15) is 5.11 Å². The summed E-state index contributed by atoms with van der Waals surface area (Å²) in [5.41, 5.74) is 6.66. The highest BCUT2D eigenvalue weighted by Gasteiger charge is 2.25. The third kappa shape index (κ3) is 4.09. The van der Waals surface area contributed by atoms with Gasteiger partial charge in [0.1, 0.15) is 0 Å². The lowest BCUT2D eigenvalue weighted by Crippen LogP contribution is -2.41. The summed E-state index contributed by atoms with van der Waals surface area (Å²) in [5.74, 6) is 0.869. The zero-order valence-electron chi connectivity index (χ0n) is 11.1. The smallest absolute Gasteiger partial charge is 0.0653 e. The topological polar surface area (TPSA) is 46.2 Å². The van der Waals surface area contributed by atoms with Crippen molar-refractivity contribution >= 4 is 27.7 Å². The summed E-state index contributed by atoms with van der Waals surface area (Å²) >= 11 is 5.18. The maximum absolute atomic E-state index is 9.63. The normalized spacial score (nSPS) is 13.9. The Hall–Kier alpha value is -0.810. The van der Waals surface area contributed by atoms with Gasteiger partial charge in [-0.25, -0.2) is 0 Å². The summed E-state index contributed by atoms with van der Waals surface area (Å²) in [6, 6.07) is 18.0. The van der Waals surface area contributed by atoms with Crippen molar-refractivity contribution in [1.82, 2.24) is 0 Å². The van der Waals surface area contributed by atoms with Gasteiger partial charge in [0.25, 0.3) is 0 Å². The highest BCUT2D eigenvalue weighted by atomic mass is 79.9. The third-order valence-electron chi connectivity index (χ3n) is 3.26. The molecular formula is C16H18BrNOS. The Morgan fingerprint density at radius 2 is 1.70 bits per heavy atom. The molecule has 0 aliphatic heterocycles. The van der Waals surface area contributed by atoms with E-state index in [0.29, 0.717) is 0 Å². The minimum Gasteiger partial charge on any atom is -0.394 e. The van der Waals surface area contributed by atoms with Crippen LogP contribution in [-0.4, -0.2) is 17.5 Å². The van der Waals surface area contributed by atoms with Gasteiger partial charge in [-0.2, -0.15) is 0 Å². The van der Waals surface area contributed by atoms with Crippen LogP contribution in [0.4, 0.5) is 0 Å². The molecule has 0 aromatic heterocycles. The number of nitrogens with two attached hydrogens (primary N) is 1. The number of halogens is 1. The molecular weight excluding hydrogens is 334 g/mol. The van der Waals surface area contributed by atoms with Crippen molar-refractivity contribution in [1.29, 1.82) is 0 Å². The Morgan fingerprint density at radius 1 is 1.05 bits per heavy atom. The fourth-order valence-corrected chi connectivity index (χ4v) is 3.26. The lowest BCUT2D eigenvalue weighted by atomic mass is 9.89. The van der Waals surface area contributed by atoms with Crippen LogP contribution in [0.15, 0.2) is 64.0 Å². The van der Waals surface area contributed by atoms with Crippen molar-refractivity contribution in [2.45, 2.75) is 16.9 Å². The van der Waals surface area contributed by atoms with Crippen LogP contribution in [0.2, 0.25) is 0 Å². The second-order valence-corrected chi connectivity index (χ2v) is 6.82. The lowest BCUT2D eigenvalue weighted by Gasteiger charge is -2.27. The van der Waals surface area contributed by atoms with Crippen LogP contribution in [-0.2, 0) is 5.54 Å². The molecule has 0 amide bonds. The molecule has 1 unspecified atom stereocenters. The van der Waals surface area contributed by atoms with Gasteiger partial charge in [-0.1, -0.05) is 46.3 Å². The van der Waals surface area contributed by atoms with E-state index in [1.165, 1.54) is 4.90 Å². The summed E-state index contributed by atoms with van der Waals surface area (Å²) in [4.78, 5) is 1.21. The molecule has 3 N–H and O–H groups in total. The Labute approximate surface area is 132 Å². The van der Waals surface area contributed by atoms with Gasteiger partial charge in [-0.3, -0.25) is 0 Å². The fourth-order valence-electron chi connectivity index (χ4n) is 1.97. The summed E-state index contributed by atoms with van der Waals surface area (Å²) < 4.78 is 1.08. The zero-order chi connectivity index (χ0) is 14.4. The molecule has 0 saturated heterocycles. The van der Waals surface area contributed by atoms with Crippen LogP contribution < -0.4 is 5.73 Å². The highest BCUT2D eigenvalue weighted by molar-refractivity contribution is 9.10. The van der Waals surface area contributed by atoms with Gasteiger partial charge in [0.2, 0.25) is 0 Å². The Kier molecular flexibility index (Phi) is 5.66. The van der Waals surface area contributed by atoms with Crippen LogP contribution in [0, 0.1) is 0 Å². The average Bonchev–Trinajstić information content (AvgIpc) is 2.50. The van der Waals surface area contributed by atoms with Crippen molar-refractivity contribution in [3.05, 3.63) is 64.6 Å². The largest absolute Gasteiger partial charge is 0.394 e. The van der Waals surface area contributed by atoms with Crippen LogP contribution in [0.5, 0.6) is 0 Å².